The van der Waals surface area contributed by atoms with Crippen LogP contribution in [0.4, 0.5) is 5.82 Å². The summed E-state index contributed by atoms with van der Waals surface area (Å²) in [6.45, 7) is 0.685. The number of hydrogen-bond donors (Lipinski definition) is 2. The first-order valence-electron chi connectivity index (χ1n) is 6.28. The Kier molecular flexibility index (Phi) is 4.37. The van der Waals surface area contributed by atoms with E-state index in [1.807, 2.05) is 31.1 Å². The molecule has 0 saturated carbocycles. The smallest absolute Gasteiger partial charge is 0.254 e. The summed E-state index contributed by atoms with van der Waals surface area (Å²) in [5, 5.41) is 2.84. The van der Waals surface area contributed by atoms with Gasteiger partial charge in [0.1, 0.15) is 17.8 Å². The minimum absolute atomic E-state index is 0.193. The normalized spacial score (nSPS) is 10.3. The third-order valence-corrected chi connectivity index (χ3v) is 2.85. The van der Waals surface area contributed by atoms with Crippen molar-refractivity contribution >= 4 is 11.7 Å². The quantitative estimate of drug-likeness (QED) is 0.853. The molecule has 0 saturated heterocycles. The maximum absolute atomic E-state index is 12.0. The summed E-state index contributed by atoms with van der Waals surface area (Å²) in [4.78, 5) is 18.2. The molecule has 20 heavy (non-hydrogen) atoms. The molecule has 0 aliphatic heterocycles. The number of nitrogens with two attached hydrogens (primary N) is 1. The number of aromatic nitrogens is 1. The van der Waals surface area contributed by atoms with Crippen LogP contribution in [0, 0.1) is 0 Å². The standard InChI is InChI=1S/C14H18N4O2/c1-18(2)13-10(4-3-5-16-13)8-17-14(19)11-6-12(7-15)20-9-11/h3-6,9H,7-8,15H2,1-2H3,(H,17,19). The Hall–Kier alpha value is -2.34. The second-order valence-electron chi connectivity index (χ2n) is 4.57. The molecule has 0 radical (unpaired) electrons. The van der Waals surface area contributed by atoms with Gasteiger partial charge in [-0.25, -0.2) is 4.98 Å². The van der Waals surface area contributed by atoms with Gasteiger partial charge in [0, 0.05) is 32.4 Å². The molecule has 6 nitrogen and oxygen atoms in total. The zero-order valence-corrected chi connectivity index (χ0v) is 11.6. The van der Waals surface area contributed by atoms with E-state index in [1.54, 1.807) is 12.3 Å². The molecule has 2 aromatic rings. The third kappa shape index (κ3) is 3.16. The molecule has 1 amide bonds. The van der Waals surface area contributed by atoms with Gasteiger partial charge in [0.15, 0.2) is 0 Å². The van der Waals surface area contributed by atoms with Crippen molar-refractivity contribution in [3.05, 3.63) is 47.5 Å². The van der Waals surface area contributed by atoms with E-state index in [2.05, 4.69) is 10.3 Å². The molecule has 0 aliphatic rings. The summed E-state index contributed by atoms with van der Waals surface area (Å²) in [5.41, 5.74) is 6.87. The molecule has 3 N–H and O–H groups in total. The zero-order valence-electron chi connectivity index (χ0n) is 11.6. The zero-order chi connectivity index (χ0) is 14.5. The predicted molar refractivity (Wildman–Crippen MR) is 76.3 cm³/mol. The summed E-state index contributed by atoms with van der Waals surface area (Å²) in [6.07, 6.45) is 3.14. The molecule has 0 aliphatic carbocycles. The van der Waals surface area contributed by atoms with Gasteiger partial charge in [-0.15, -0.1) is 0 Å². The molecular formula is C14H18N4O2. The molecule has 0 aromatic carbocycles. The van der Waals surface area contributed by atoms with Crippen LogP contribution in [0.5, 0.6) is 0 Å². The Balaban J connectivity index is 2.03. The van der Waals surface area contributed by atoms with Gasteiger partial charge in [-0.1, -0.05) is 6.07 Å². The first-order valence-corrected chi connectivity index (χ1v) is 6.28. The van der Waals surface area contributed by atoms with Crippen LogP contribution in [-0.4, -0.2) is 25.0 Å². The lowest BCUT2D eigenvalue weighted by Crippen LogP contribution is -2.24. The second-order valence-corrected chi connectivity index (χ2v) is 4.57. The SMILES string of the molecule is CN(C)c1ncccc1CNC(=O)c1coc(CN)c1. The number of carbonyl (C=O) groups excluding carboxylic acids is 1. The van der Waals surface area contributed by atoms with Crippen molar-refractivity contribution in [3.63, 3.8) is 0 Å². The van der Waals surface area contributed by atoms with E-state index in [1.165, 1.54) is 6.26 Å². The Bertz CT molecular complexity index is 592. The van der Waals surface area contributed by atoms with Crippen LogP contribution >= 0.6 is 0 Å². The Labute approximate surface area is 117 Å². The number of hydrogen-bond acceptors (Lipinski definition) is 5. The maximum Gasteiger partial charge on any atom is 0.254 e. The summed E-state index contributed by atoms with van der Waals surface area (Å²) in [6, 6.07) is 5.42. The number of furan rings is 1. The average Bonchev–Trinajstić information content (AvgIpc) is 2.94. The molecule has 6 heteroatoms. The number of nitrogens with zero attached hydrogens (tertiary/aromatic N) is 2. The third-order valence-electron chi connectivity index (χ3n) is 2.85. The number of nitrogens with one attached hydrogen (secondary N) is 1. The Morgan fingerprint density at radius 2 is 2.30 bits per heavy atom. The lowest BCUT2D eigenvalue weighted by atomic mass is 10.2. The summed E-state index contributed by atoms with van der Waals surface area (Å²) >= 11 is 0. The van der Waals surface area contributed by atoms with Crippen molar-refractivity contribution in [1.29, 1.82) is 0 Å². The van der Waals surface area contributed by atoms with E-state index in [9.17, 15) is 4.79 Å². The van der Waals surface area contributed by atoms with Crippen LogP contribution in [0.15, 0.2) is 35.1 Å². The van der Waals surface area contributed by atoms with Crippen molar-refractivity contribution in [3.8, 4) is 0 Å². The first-order chi connectivity index (χ1) is 9.61. The highest BCUT2D eigenvalue weighted by Crippen LogP contribution is 2.14. The van der Waals surface area contributed by atoms with E-state index in [0.717, 1.165) is 11.4 Å². The van der Waals surface area contributed by atoms with Crippen LogP contribution < -0.4 is 16.0 Å². The van der Waals surface area contributed by atoms with Crippen LogP contribution in [0.25, 0.3) is 0 Å². The van der Waals surface area contributed by atoms with Crippen molar-refractivity contribution in [2.24, 2.45) is 5.73 Å². The molecule has 2 aromatic heterocycles. The minimum atomic E-state index is -0.193. The summed E-state index contributed by atoms with van der Waals surface area (Å²) in [7, 11) is 3.83. The van der Waals surface area contributed by atoms with E-state index in [0.29, 0.717) is 17.9 Å². The van der Waals surface area contributed by atoms with E-state index in [4.69, 9.17) is 10.2 Å². The van der Waals surface area contributed by atoms with Crippen LogP contribution in [0.1, 0.15) is 21.7 Å². The van der Waals surface area contributed by atoms with Crippen LogP contribution in [0.3, 0.4) is 0 Å². The second kappa shape index (κ2) is 6.21. The lowest BCUT2D eigenvalue weighted by Gasteiger charge is -2.15. The molecule has 106 valence electrons. The molecule has 0 fully saturated rings. The van der Waals surface area contributed by atoms with E-state index in [-0.39, 0.29) is 12.5 Å². The number of carbonyl (C=O) groups is 1. The van der Waals surface area contributed by atoms with Gasteiger partial charge >= 0.3 is 0 Å². The van der Waals surface area contributed by atoms with E-state index < -0.39 is 0 Å². The topological polar surface area (TPSA) is 84.4 Å². The highest BCUT2D eigenvalue weighted by Gasteiger charge is 2.11. The van der Waals surface area contributed by atoms with Gasteiger partial charge in [0.25, 0.3) is 5.91 Å². The van der Waals surface area contributed by atoms with Crippen LogP contribution in [-0.2, 0) is 13.1 Å². The predicted octanol–water partition coefficient (Wildman–Crippen LogP) is 1.13. The molecule has 0 unspecified atom stereocenters. The van der Waals surface area contributed by atoms with E-state index >= 15 is 0 Å². The molecular weight excluding hydrogens is 256 g/mol. The summed E-state index contributed by atoms with van der Waals surface area (Å²) < 4.78 is 5.14. The average molecular weight is 274 g/mol. The van der Waals surface area contributed by atoms with Crippen molar-refractivity contribution in [1.82, 2.24) is 10.3 Å². The fraction of sp³-hybridized carbons (Fsp3) is 0.286. The van der Waals surface area contributed by atoms with Crippen molar-refractivity contribution in [2.45, 2.75) is 13.1 Å². The monoisotopic (exact) mass is 274 g/mol. The van der Waals surface area contributed by atoms with Crippen molar-refractivity contribution < 1.29 is 9.21 Å². The first kappa shape index (κ1) is 14.1. The van der Waals surface area contributed by atoms with Gasteiger partial charge in [-0.3, -0.25) is 4.79 Å². The lowest BCUT2D eigenvalue weighted by molar-refractivity contribution is 0.0950. The maximum atomic E-state index is 12.0. The molecule has 0 atom stereocenters. The minimum Gasteiger partial charge on any atom is -0.467 e. The van der Waals surface area contributed by atoms with Gasteiger partial charge < -0.3 is 20.4 Å². The molecule has 2 rings (SSSR count). The van der Waals surface area contributed by atoms with Gasteiger partial charge in [-0.2, -0.15) is 0 Å². The molecule has 0 bridgehead atoms. The Morgan fingerprint density at radius 1 is 1.50 bits per heavy atom. The van der Waals surface area contributed by atoms with Crippen LogP contribution in [0.2, 0.25) is 0 Å². The molecule has 0 spiro atoms. The van der Waals surface area contributed by atoms with Crippen molar-refractivity contribution in [2.75, 3.05) is 19.0 Å². The Morgan fingerprint density at radius 3 is 2.95 bits per heavy atom. The number of pyridine rings is 1. The van der Waals surface area contributed by atoms with Gasteiger partial charge in [-0.05, 0) is 12.1 Å². The fourth-order valence-corrected chi connectivity index (χ4v) is 1.86. The highest BCUT2D eigenvalue weighted by molar-refractivity contribution is 5.94. The van der Waals surface area contributed by atoms with Gasteiger partial charge in [0.2, 0.25) is 0 Å². The fourth-order valence-electron chi connectivity index (χ4n) is 1.86. The summed E-state index contributed by atoms with van der Waals surface area (Å²) in [5.74, 6) is 1.23. The highest BCUT2D eigenvalue weighted by atomic mass is 16.3. The largest absolute Gasteiger partial charge is 0.467 e. The molecule has 2 heterocycles. The number of anilines is 1. The number of rotatable bonds is 5. The van der Waals surface area contributed by atoms with Gasteiger partial charge in [0.05, 0.1) is 12.1 Å². The number of amides is 1.